The van der Waals surface area contributed by atoms with E-state index < -0.39 is 0 Å². The topological polar surface area (TPSA) is 64.7 Å². The molecule has 0 spiro atoms. The van der Waals surface area contributed by atoms with E-state index in [4.69, 9.17) is 0 Å². The zero-order valence-corrected chi connectivity index (χ0v) is 14.8. The highest BCUT2D eigenvalue weighted by atomic mass is 16.1. The zero-order chi connectivity index (χ0) is 17.0. The third-order valence-corrected chi connectivity index (χ3v) is 4.25. The summed E-state index contributed by atoms with van der Waals surface area (Å²) in [6.07, 6.45) is 5.04. The van der Waals surface area contributed by atoms with Crippen LogP contribution in [0.5, 0.6) is 0 Å². The second-order valence-corrected chi connectivity index (χ2v) is 5.83. The summed E-state index contributed by atoms with van der Waals surface area (Å²) in [4.78, 5) is 16.5. The first-order chi connectivity index (χ1) is 11.0. The summed E-state index contributed by atoms with van der Waals surface area (Å²) in [6, 6.07) is -0.0313. The molecule has 0 radical (unpaired) electrons. The highest BCUT2D eigenvalue weighted by Gasteiger charge is 2.18. The molecule has 0 aliphatic carbocycles. The molecule has 0 aliphatic heterocycles. The van der Waals surface area contributed by atoms with Gasteiger partial charge in [-0.2, -0.15) is 5.10 Å². The monoisotopic (exact) mass is 317 g/mol. The molecule has 1 N–H and O–H groups in total. The van der Waals surface area contributed by atoms with Gasteiger partial charge < -0.3 is 9.88 Å². The average molecular weight is 317 g/mol. The third-order valence-electron chi connectivity index (χ3n) is 4.25. The smallest absolute Gasteiger partial charge is 0.222 e. The molecule has 2 heterocycles. The van der Waals surface area contributed by atoms with Crippen molar-refractivity contribution in [3.8, 4) is 0 Å². The fraction of sp³-hybridized carbons (Fsp3) is 0.588. The van der Waals surface area contributed by atoms with Crippen LogP contribution in [0.25, 0.3) is 0 Å². The number of aryl methyl sites for hydroxylation is 4. The Morgan fingerprint density at radius 1 is 1.35 bits per heavy atom. The highest BCUT2D eigenvalue weighted by molar-refractivity contribution is 5.76. The first-order valence-electron chi connectivity index (χ1n) is 8.31. The van der Waals surface area contributed by atoms with E-state index in [-0.39, 0.29) is 11.9 Å². The zero-order valence-electron chi connectivity index (χ0n) is 14.8. The van der Waals surface area contributed by atoms with Crippen molar-refractivity contribution in [3.05, 3.63) is 35.2 Å². The predicted molar refractivity (Wildman–Crippen MR) is 90.2 cm³/mol. The molecule has 6 heteroatoms. The molecule has 1 atom stereocenters. The Hall–Kier alpha value is -2.11. The van der Waals surface area contributed by atoms with Crippen molar-refractivity contribution in [2.75, 3.05) is 0 Å². The molecule has 0 aliphatic rings. The Kier molecular flexibility index (Phi) is 5.58. The fourth-order valence-electron chi connectivity index (χ4n) is 3.11. The van der Waals surface area contributed by atoms with Gasteiger partial charge in [-0.1, -0.05) is 6.92 Å². The van der Waals surface area contributed by atoms with Gasteiger partial charge in [0.05, 0.1) is 11.7 Å². The van der Waals surface area contributed by atoms with Crippen LogP contribution in [0.1, 0.15) is 56.0 Å². The maximum Gasteiger partial charge on any atom is 0.222 e. The van der Waals surface area contributed by atoms with E-state index in [0.717, 1.165) is 35.7 Å². The summed E-state index contributed by atoms with van der Waals surface area (Å²) in [5, 5.41) is 7.61. The van der Waals surface area contributed by atoms with Crippen LogP contribution < -0.4 is 5.32 Å². The van der Waals surface area contributed by atoms with Gasteiger partial charge >= 0.3 is 0 Å². The SMILES string of the molecule is CCc1nccn1CCC(=O)N[C@@H](C)c1c(C)nn(CC)c1C. The van der Waals surface area contributed by atoms with Crippen LogP contribution in [0.2, 0.25) is 0 Å². The first-order valence-corrected chi connectivity index (χ1v) is 8.31. The van der Waals surface area contributed by atoms with Crippen molar-refractivity contribution >= 4 is 5.91 Å². The maximum atomic E-state index is 12.2. The summed E-state index contributed by atoms with van der Waals surface area (Å²) < 4.78 is 4.02. The summed E-state index contributed by atoms with van der Waals surface area (Å²) >= 11 is 0. The average Bonchev–Trinajstić information content (AvgIpc) is 3.08. The van der Waals surface area contributed by atoms with Gasteiger partial charge in [0.25, 0.3) is 0 Å². The Morgan fingerprint density at radius 3 is 2.70 bits per heavy atom. The summed E-state index contributed by atoms with van der Waals surface area (Å²) in [5.74, 6) is 1.07. The Balaban J connectivity index is 1.96. The maximum absolute atomic E-state index is 12.2. The number of carbonyl (C=O) groups excluding carboxylic acids is 1. The number of imidazole rings is 1. The number of carbonyl (C=O) groups is 1. The Bertz CT molecular complexity index is 671. The lowest BCUT2D eigenvalue weighted by Gasteiger charge is -2.15. The van der Waals surface area contributed by atoms with Crippen molar-refractivity contribution in [1.82, 2.24) is 24.6 Å². The Labute approximate surface area is 137 Å². The number of rotatable bonds is 7. The molecule has 2 rings (SSSR count). The van der Waals surface area contributed by atoms with Crippen LogP contribution in [0.3, 0.4) is 0 Å². The lowest BCUT2D eigenvalue weighted by molar-refractivity contribution is -0.121. The molecule has 2 aromatic heterocycles. The fourth-order valence-corrected chi connectivity index (χ4v) is 3.11. The lowest BCUT2D eigenvalue weighted by atomic mass is 10.1. The molecule has 0 unspecified atom stereocenters. The van der Waals surface area contributed by atoms with E-state index >= 15 is 0 Å². The molecule has 1 amide bonds. The van der Waals surface area contributed by atoms with Gasteiger partial charge in [-0.15, -0.1) is 0 Å². The standard InChI is InChI=1S/C17H27N5O/c1-6-15-18-9-11-21(15)10-8-16(23)19-12(3)17-13(4)20-22(7-2)14(17)5/h9,11-12H,6-8,10H2,1-5H3,(H,19,23)/t12-/m0/s1. The predicted octanol–water partition coefficient (Wildman–Crippen LogP) is 2.55. The number of hydrogen-bond acceptors (Lipinski definition) is 3. The minimum absolute atomic E-state index is 0.0313. The summed E-state index contributed by atoms with van der Waals surface area (Å²) in [6.45, 7) is 11.7. The largest absolute Gasteiger partial charge is 0.349 e. The van der Waals surface area contributed by atoms with Gasteiger partial charge in [-0.25, -0.2) is 4.98 Å². The minimum Gasteiger partial charge on any atom is -0.349 e. The van der Waals surface area contributed by atoms with Crippen molar-refractivity contribution in [2.45, 2.75) is 66.6 Å². The van der Waals surface area contributed by atoms with Gasteiger partial charge in [0.1, 0.15) is 5.82 Å². The minimum atomic E-state index is -0.0313. The van der Waals surface area contributed by atoms with Crippen molar-refractivity contribution in [2.24, 2.45) is 0 Å². The summed E-state index contributed by atoms with van der Waals surface area (Å²) in [5.41, 5.74) is 3.23. The molecular weight excluding hydrogens is 290 g/mol. The molecular formula is C17H27N5O. The molecule has 126 valence electrons. The molecule has 0 bridgehead atoms. The Morgan fingerprint density at radius 2 is 2.09 bits per heavy atom. The van der Waals surface area contributed by atoms with Gasteiger partial charge in [0, 0.05) is 49.6 Å². The van der Waals surface area contributed by atoms with E-state index in [1.54, 1.807) is 6.20 Å². The van der Waals surface area contributed by atoms with Crippen LogP contribution in [-0.4, -0.2) is 25.2 Å². The highest BCUT2D eigenvalue weighted by Crippen LogP contribution is 2.21. The second kappa shape index (κ2) is 7.44. The number of hydrogen-bond donors (Lipinski definition) is 1. The quantitative estimate of drug-likeness (QED) is 0.853. The molecule has 23 heavy (non-hydrogen) atoms. The molecule has 2 aromatic rings. The van der Waals surface area contributed by atoms with Crippen LogP contribution in [0, 0.1) is 13.8 Å². The van der Waals surface area contributed by atoms with Gasteiger partial charge in [-0.05, 0) is 27.7 Å². The molecule has 0 saturated heterocycles. The van der Waals surface area contributed by atoms with E-state index in [9.17, 15) is 4.79 Å². The van der Waals surface area contributed by atoms with Crippen molar-refractivity contribution < 1.29 is 4.79 Å². The number of amides is 1. The summed E-state index contributed by atoms with van der Waals surface area (Å²) in [7, 11) is 0. The van der Waals surface area contributed by atoms with E-state index in [0.29, 0.717) is 13.0 Å². The van der Waals surface area contributed by atoms with E-state index in [2.05, 4.69) is 36.2 Å². The van der Waals surface area contributed by atoms with Gasteiger partial charge in [0.2, 0.25) is 5.91 Å². The van der Waals surface area contributed by atoms with Gasteiger partial charge in [0.15, 0.2) is 0 Å². The molecule has 0 fully saturated rings. The third kappa shape index (κ3) is 3.81. The normalized spacial score (nSPS) is 12.4. The number of nitrogens with one attached hydrogen (secondary N) is 1. The van der Waals surface area contributed by atoms with Crippen molar-refractivity contribution in [3.63, 3.8) is 0 Å². The molecule has 0 aromatic carbocycles. The second-order valence-electron chi connectivity index (χ2n) is 5.83. The molecule has 0 saturated carbocycles. The number of nitrogens with zero attached hydrogens (tertiary/aromatic N) is 4. The van der Waals surface area contributed by atoms with Crippen LogP contribution >= 0.6 is 0 Å². The van der Waals surface area contributed by atoms with Crippen molar-refractivity contribution in [1.29, 1.82) is 0 Å². The van der Waals surface area contributed by atoms with E-state index in [1.807, 2.05) is 29.3 Å². The molecule has 6 nitrogen and oxygen atoms in total. The van der Waals surface area contributed by atoms with E-state index in [1.165, 1.54) is 0 Å². The van der Waals surface area contributed by atoms with Crippen LogP contribution in [0.4, 0.5) is 0 Å². The number of aromatic nitrogens is 4. The first kappa shape index (κ1) is 17.2. The van der Waals surface area contributed by atoms with Gasteiger partial charge in [-0.3, -0.25) is 9.48 Å². The van der Waals surface area contributed by atoms with Crippen LogP contribution in [-0.2, 0) is 24.3 Å². The van der Waals surface area contributed by atoms with Crippen LogP contribution in [0.15, 0.2) is 12.4 Å². The lowest BCUT2D eigenvalue weighted by Crippen LogP contribution is -2.28.